The highest BCUT2D eigenvalue weighted by Crippen LogP contribution is 2.43. The number of rotatable bonds is 2. The Morgan fingerprint density at radius 2 is 1.45 bits per heavy atom. The number of benzene rings is 2. The maximum absolute atomic E-state index is 3.98. The molecule has 0 unspecified atom stereocenters. The Kier molecular flexibility index (Phi) is 3.60. The summed E-state index contributed by atoms with van der Waals surface area (Å²) in [4.78, 5) is 3.98. The highest BCUT2D eigenvalue weighted by atomic mass is 14.6. The Bertz CT molecular complexity index is 667. The van der Waals surface area contributed by atoms with Crippen LogP contribution in [0.3, 0.4) is 0 Å². The van der Waals surface area contributed by atoms with Gasteiger partial charge in [-0.15, -0.1) is 0 Å². The predicted molar refractivity (Wildman–Crippen MR) is 83.7 cm³/mol. The molecule has 2 aromatic rings. The molecule has 98 valence electrons. The lowest BCUT2D eigenvalue weighted by molar-refractivity contribution is 1.20. The van der Waals surface area contributed by atoms with Gasteiger partial charge in [0.15, 0.2) is 0 Å². The van der Waals surface area contributed by atoms with E-state index >= 15 is 0 Å². The number of aromatic nitrogens is 1. The van der Waals surface area contributed by atoms with Gasteiger partial charge in [0.2, 0.25) is 0 Å². The van der Waals surface area contributed by atoms with Crippen molar-refractivity contribution in [2.75, 3.05) is 0 Å². The molecule has 0 radical (unpaired) electrons. The van der Waals surface area contributed by atoms with Crippen LogP contribution >= 0.6 is 0 Å². The number of fused-ring (bicyclic) bond motifs is 1. The Labute approximate surface area is 119 Å². The van der Waals surface area contributed by atoms with Crippen LogP contribution in [-0.4, -0.2) is 4.98 Å². The highest BCUT2D eigenvalue weighted by molar-refractivity contribution is 5.89. The molecule has 1 heterocycles. The normalized spacial score (nSPS) is 10.4. The van der Waals surface area contributed by atoms with Crippen molar-refractivity contribution in [3.63, 3.8) is 0 Å². The molecule has 0 fully saturated rings. The zero-order valence-electron chi connectivity index (χ0n) is 11.6. The van der Waals surface area contributed by atoms with E-state index in [0.717, 1.165) is 12.1 Å². The van der Waals surface area contributed by atoms with Gasteiger partial charge in [-0.3, -0.25) is 4.98 Å². The molecule has 20 heavy (non-hydrogen) atoms. The molecule has 0 aliphatic heterocycles. The monoisotopic (exact) mass is 259 g/mol. The smallest absolute Gasteiger partial charge is 0.0372 e. The Morgan fingerprint density at radius 3 is 2.00 bits per heavy atom. The molecule has 1 nitrogen and oxygen atoms in total. The second-order valence-corrected chi connectivity index (χ2v) is 4.97. The first-order chi connectivity index (χ1) is 9.84. The average Bonchev–Trinajstić information content (AvgIpc) is 2.92. The summed E-state index contributed by atoms with van der Waals surface area (Å²) in [6.45, 7) is 1.97. The minimum Gasteiger partial charge on any atom is -0.262 e. The minimum absolute atomic E-state index is 1.07. The molecule has 0 N–H and O–H groups in total. The Hall–Kier alpha value is -2.41. The van der Waals surface area contributed by atoms with Crippen molar-refractivity contribution in [2.45, 2.75) is 13.3 Å². The summed E-state index contributed by atoms with van der Waals surface area (Å²) in [6, 6.07) is 23.0. The van der Waals surface area contributed by atoms with Crippen LogP contribution in [0.5, 0.6) is 0 Å². The fraction of sp³-hybridized carbons (Fsp3) is 0.105. The highest BCUT2D eigenvalue weighted by Gasteiger charge is 2.22. The third-order valence-corrected chi connectivity index (χ3v) is 3.44. The molecule has 2 aliphatic carbocycles. The summed E-state index contributed by atoms with van der Waals surface area (Å²) in [5, 5.41) is 0. The van der Waals surface area contributed by atoms with Crippen molar-refractivity contribution in [3.8, 4) is 11.1 Å². The summed E-state index contributed by atoms with van der Waals surface area (Å²) in [7, 11) is 0. The van der Waals surface area contributed by atoms with Crippen molar-refractivity contribution >= 4 is 0 Å². The van der Waals surface area contributed by atoms with E-state index in [-0.39, 0.29) is 0 Å². The maximum Gasteiger partial charge on any atom is 0.0372 e. The summed E-state index contributed by atoms with van der Waals surface area (Å²) >= 11 is 0. The SMILES string of the molecule is Cc1ccccn1.c1ccc(Cc2c3cccc2-3)cc1. The fourth-order valence-electron chi connectivity index (χ4n) is 2.32. The van der Waals surface area contributed by atoms with Gasteiger partial charge in [0.05, 0.1) is 0 Å². The van der Waals surface area contributed by atoms with E-state index in [9.17, 15) is 0 Å². The summed E-state index contributed by atoms with van der Waals surface area (Å²) in [6.07, 6.45) is 2.89. The first kappa shape index (κ1) is 12.6. The third-order valence-electron chi connectivity index (χ3n) is 3.44. The summed E-state index contributed by atoms with van der Waals surface area (Å²) in [5.74, 6) is 0. The molecule has 1 aromatic heterocycles. The van der Waals surface area contributed by atoms with Crippen LogP contribution in [-0.2, 0) is 6.42 Å². The molecule has 0 amide bonds. The molecule has 0 atom stereocenters. The van der Waals surface area contributed by atoms with Gasteiger partial charge in [0.25, 0.3) is 0 Å². The van der Waals surface area contributed by atoms with Gasteiger partial charge in [0.1, 0.15) is 0 Å². The van der Waals surface area contributed by atoms with Crippen LogP contribution in [0.1, 0.15) is 16.8 Å². The van der Waals surface area contributed by atoms with Crippen molar-refractivity contribution < 1.29 is 0 Å². The maximum atomic E-state index is 3.98. The number of aryl methyl sites for hydroxylation is 1. The lowest BCUT2D eigenvalue weighted by Crippen LogP contribution is -1.79. The minimum atomic E-state index is 1.07. The van der Waals surface area contributed by atoms with Crippen molar-refractivity contribution in [3.05, 3.63) is 89.7 Å². The van der Waals surface area contributed by atoms with Gasteiger partial charge < -0.3 is 0 Å². The first-order valence-corrected chi connectivity index (χ1v) is 6.88. The summed E-state index contributed by atoms with van der Waals surface area (Å²) in [5.41, 5.74) is 6.97. The predicted octanol–water partition coefficient (Wildman–Crippen LogP) is 4.65. The molecule has 0 spiro atoms. The van der Waals surface area contributed by atoms with Crippen LogP contribution in [0.15, 0.2) is 72.9 Å². The lowest BCUT2D eigenvalue weighted by atomic mass is 10.1. The van der Waals surface area contributed by atoms with Crippen LogP contribution < -0.4 is 0 Å². The lowest BCUT2D eigenvalue weighted by Gasteiger charge is -1.93. The Morgan fingerprint density at radius 1 is 0.750 bits per heavy atom. The molecule has 0 saturated carbocycles. The molecule has 0 bridgehead atoms. The Balaban J connectivity index is 0.000000147. The van der Waals surface area contributed by atoms with E-state index < -0.39 is 0 Å². The van der Waals surface area contributed by atoms with Crippen LogP contribution in [0.2, 0.25) is 0 Å². The van der Waals surface area contributed by atoms with Crippen molar-refractivity contribution in [1.82, 2.24) is 4.98 Å². The van der Waals surface area contributed by atoms with Crippen LogP contribution in [0.4, 0.5) is 0 Å². The van der Waals surface area contributed by atoms with Gasteiger partial charge in [-0.25, -0.2) is 0 Å². The van der Waals surface area contributed by atoms with Gasteiger partial charge in [0, 0.05) is 11.9 Å². The van der Waals surface area contributed by atoms with E-state index in [0.29, 0.717) is 0 Å². The van der Waals surface area contributed by atoms with Gasteiger partial charge >= 0.3 is 0 Å². The van der Waals surface area contributed by atoms with Crippen LogP contribution in [0, 0.1) is 6.92 Å². The zero-order chi connectivity index (χ0) is 13.8. The van der Waals surface area contributed by atoms with Gasteiger partial charge in [-0.2, -0.15) is 0 Å². The third kappa shape index (κ3) is 2.94. The topological polar surface area (TPSA) is 12.9 Å². The average molecular weight is 259 g/mol. The first-order valence-electron chi connectivity index (χ1n) is 6.88. The number of hydrogen-bond acceptors (Lipinski definition) is 1. The molecule has 0 saturated heterocycles. The summed E-state index contributed by atoms with van der Waals surface area (Å²) < 4.78 is 0. The number of pyridine rings is 1. The van der Waals surface area contributed by atoms with E-state index in [4.69, 9.17) is 0 Å². The second kappa shape index (κ2) is 5.70. The number of nitrogens with zero attached hydrogens (tertiary/aromatic N) is 1. The zero-order valence-corrected chi connectivity index (χ0v) is 11.6. The van der Waals surface area contributed by atoms with Crippen molar-refractivity contribution in [2.24, 2.45) is 0 Å². The molecule has 1 heteroatoms. The van der Waals surface area contributed by atoms with Crippen LogP contribution in [0.25, 0.3) is 11.1 Å². The van der Waals surface area contributed by atoms with Gasteiger partial charge in [-0.05, 0) is 47.7 Å². The van der Waals surface area contributed by atoms with E-state index in [1.165, 1.54) is 22.3 Å². The molecular weight excluding hydrogens is 242 g/mol. The standard InChI is InChI=1S/C13H10.C6H7N/c1-2-5-10(6-3-1)9-13-11-7-4-8-12(11)13;1-6-4-2-3-5-7-6/h1-8H,9H2;2-5H,1H3. The van der Waals surface area contributed by atoms with E-state index in [2.05, 4.69) is 53.5 Å². The number of hydrogen-bond donors (Lipinski definition) is 0. The fourth-order valence-corrected chi connectivity index (χ4v) is 2.32. The molecule has 4 rings (SSSR count). The van der Waals surface area contributed by atoms with Crippen molar-refractivity contribution in [1.29, 1.82) is 0 Å². The quantitative estimate of drug-likeness (QED) is 0.510. The largest absolute Gasteiger partial charge is 0.262 e. The molecule has 2 aliphatic rings. The van der Waals surface area contributed by atoms with Gasteiger partial charge in [-0.1, -0.05) is 54.6 Å². The van der Waals surface area contributed by atoms with E-state index in [1.807, 2.05) is 25.1 Å². The molecule has 1 aromatic carbocycles. The molecular formula is C19H17N. The van der Waals surface area contributed by atoms with E-state index in [1.54, 1.807) is 6.20 Å². The second-order valence-electron chi connectivity index (χ2n) is 4.97.